The van der Waals surface area contributed by atoms with Crippen LogP contribution in [-0.4, -0.2) is 19.0 Å². The van der Waals surface area contributed by atoms with Gasteiger partial charge in [0.05, 0.1) is 17.3 Å². The van der Waals surface area contributed by atoms with Gasteiger partial charge in [-0.2, -0.15) is 0 Å². The number of carbonyl (C=O) groups is 1. The Balaban J connectivity index is 1.68. The zero-order valence-electron chi connectivity index (χ0n) is 11.0. The van der Waals surface area contributed by atoms with E-state index in [0.29, 0.717) is 17.3 Å². The van der Waals surface area contributed by atoms with Crippen LogP contribution in [0.2, 0.25) is 5.02 Å². The molecule has 0 fully saturated rings. The average molecular weight is 287 g/mol. The number of halogens is 1. The molecular formula is C16H15ClN2O. The third-order valence-corrected chi connectivity index (χ3v) is 3.80. The van der Waals surface area contributed by atoms with Crippen molar-refractivity contribution in [1.29, 1.82) is 0 Å². The summed E-state index contributed by atoms with van der Waals surface area (Å²) in [5, 5.41) is 3.41. The Hall–Kier alpha value is -2.00. The second kappa shape index (κ2) is 5.55. The number of carbonyl (C=O) groups excluding carboxylic acids is 1. The van der Waals surface area contributed by atoms with E-state index in [-0.39, 0.29) is 5.91 Å². The maximum absolute atomic E-state index is 12.1. The summed E-state index contributed by atoms with van der Waals surface area (Å²) in [6.07, 6.45) is 0.996. The number of nitrogens with zero attached hydrogens (tertiary/aromatic N) is 1. The first kappa shape index (κ1) is 13.0. The standard InChI is InChI=1S/C16H15ClN2O/c17-13-6-2-3-7-14(13)18-16(20)11-19-10-9-12-5-1-4-8-15(12)19/h1-8H,9-11H2,(H,18,20). The van der Waals surface area contributed by atoms with Crippen LogP contribution in [0.4, 0.5) is 11.4 Å². The fourth-order valence-corrected chi connectivity index (χ4v) is 2.68. The molecule has 20 heavy (non-hydrogen) atoms. The molecule has 1 heterocycles. The Morgan fingerprint density at radius 1 is 1.15 bits per heavy atom. The average Bonchev–Trinajstić information content (AvgIpc) is 2.85. The van der Waals surface area contributed by atoms with Crippen molar-refractivity contribution < 1.29 is 4.79 Å². The highest BCUT2D eigenvalue weighted by molar-refractivity contribution is 6.33. The highest BCUT2D eigenvalue weighted by Gasteiger charge is 2.20. The van der Waals surface area contributed by atoms with Crippen LogP contribution in [0, 0.1) is 0 Å². The summed E-state index contributed by atoms with van der Waals surface area (Å²) in [7, 11) is 0. The predicted octanol–water partition coefficient (Wildman–Crippen LogP) is 3.34. The summed E-state index contributed by atoms with van der Waals surface area (Å²) in [5.74, 6) is -0.0465. The first-order chi connectivity index (χ1) is 9.74. The van der Waals surface area contributed by atoms with Crippen LogP contribution in [-0.2, 0) is 11.2 Å². The van der Waals surface area contributed by atoms with Gasteiger partial charge in [0.15, 0.2) is 0 Å². The lowest BCUT2D eigenvalue weighted by atomic mass is 10.2. The van der Waals surface area contributed by atoms with Crippen molar-refractivity contribution in [3.63, 3.8) is 0 Å². The van der Waals surface area contributed by atoms with Crippen LogP contribution in [0.3, 0.4) is 0 Å². The third kappa shape index (κ3) is 2.63. The zero-order valence-corrected chi connectivity index (χ0v) is 11.7. The van der Waals surface area contributed by atoms with Crippen LogP contribution in [0.25, 0.3) is 0 Å². The maximum Gasteiger partial charge on any atom is 0.243 e. The van der Waals surface area contributed by atoms with Crippen LogP contribution < -0.4 is 10.2 Å². The number of nitrogens with one attached hydrogen (secondary N) is 1. The van der Waals surface area contributed by atoms with E-state index in [9.17, 15) is 4.79 Å². The van der Waals surface area contributed by atoms with Crippen molar-refractivity contribution in [3.8, 4) is 0 Å². The molecule has 0 saturated heterocycles. The van der Waals surface area contributed by atoms with Crippen molar-refractivity contribution in [2.24, 2.45) is 0 Å². The second-order valence-electron chi connectivity index (χ2n) is 4.83. The molecule has 0 aliphatic carbocycles. The molecule has 0 radical (unpaired) electrons. The third-order valence-electron chi connectivity index (χ3n) is 3.47. The van der Waals surface area contributed by atoms with Crippen LogP contribution in [0.15, 0.2) is 48.5 Å². The molecule has 102 valence electrons. The lowest BCUT2D eigenvalue weighted by Gasteiger charge is -2.19. The number of anilines is 2. The van der Waals surface area contributed by atoms with Gasteiger partial charge in [0.25, 0.3) is 0 Å². The van der Waals surface area contributed by atoms with Crippen LogP contribution in [0.1, 0.15) is 5.56 Å². The summed E-state index contributed by atoms with van der Waals surface area (Å²) < 4.78 is 0. The van der Waals surface area contributed by atoms with Gasteiger partial charge >= 0.3 is 0 Å². The van der Waals surface area contributed by atoms with Crippen molar-refractivity contribution in [1.82, 2.24) is 0 Å². The number of hydrogen-bond donors (Lipinski definition) is 1. The number of amides is 1. The zero-order chi connectivity index (χ0) is 13.9. The van der Waals surface area contributed by atoms with Gasteiger partial charge in [-0.1, -0.05) is 41.9 Å². The fraction of sp³-hybridized carbons (Fsp3) is 0.188. The lowest BCUT2D eigenvalue weighted by Crippen LogP contribution is -2.31. The summed E-state index contributed by atoms with van der Waals surface area (Å²) in [6.45, 7) is 1.23. The second-order valence-corrected chi connectivity index (χ2v) is 5.24. The molecule has 4 heteroatoms. The molecule has 2 aromatic carbocycles. The molecule has 0 saturated carbocycles. The van der Waals surface area contributed by atoms with Gasteiger partial charge in [0.1, 0.15) is 0 Å². The van der Waals surface area contributed by atoms with E-state index in [4.69, 9.17) is 11.6 Å². The van der Waals surface area contributed by atoms with E-state index >= 15 is 0 Å². The molecule has 1 N–H and O–H groups in total. The van der Waals surface area contributed by atoms with E-state index in [0.717, 1.165) is 18.7 Å². The number of rotatable bonds is 3. The van der Waals surface area contributed by atoms with Gasteiger partial charge in [0.2, 0.25) is 5.91 Å². The fourth-order valence-electron chi connectivity index (χ4n) is 2.50. The van der Waals surface area contributed by atoms with Crippen molar-refractivity contribution in [2.45, 2.75) is 6.42 Å². The Morgan fingerprint density at radius 2 is 1.90 bits per heavy atom. The molecule has 0 unspecified atom stereocenters. The van der Waals surface area contributed by atoms with Crippen molar-refractivity contribution >= 4 is 28.9 Å². The Kier molecular flexibility index (Phi) is 3.61. The van der Waals surface area contributed by atoms with Crippen molar-refractivity contribution in [2.75, 3.05) is 23.3 Å². The van der Waals surface area contributed by atoms with Gasteiger partial charge in [-0.25, -0.2) is 0 Å². The minimum atomic E-state index is -0.0465. The molecule has 1 aliphatic rings. The lowest BCUT2D eigenvalue weighted by molar-refractivity contribution is -0.115. The minimum absolute atomic E-state index is 0.0465. The smallest absolute Gasteiger partial charge is 0.243 e. The number of hydrogen-bond acceptors (Lipinski definition) is 2. The summed E-state index contributed by atoms with van der Waals surface area (Å²) in [4.78, 5) is 14.2. The normalized spacial score (nSPS) is 13.2. The number of fused-ring (bicyclic) bond motifs is 1. The first-order valence-electron chi connectivity index (χ1n) is 6.61. The Morgan fingerprint density at radius 3 is 2.75 bits per heavy atom. The summed E-state index contributed by atoms with van der Waals surface area (Å²) in [5.41, 5.74) is 3.12. The molecule has 3 rings (SSSR count). The largest absolute Gasteiger partial charge is 0.362 e. The maximum atomic E-state index is 12.1. The highest BCUT2D eigenvalue weighted by atomic mass is 35.5. The van der Waals surface area contributed by atoms with E-state index in [1.165, 1.54) is 5.56 Å². The Labute approximate surface area is 123 Å². The SMILES string of the molecule is O=C(CN1CCc2ccccc21)Nc1ccccc1Cl. The van der Waals surface area contributed by atoms with Gasteiger partial charge in [-0.05, 0) is 30.2 Å². The molecule has 2 aromatic rings. The molecular weight excluding hydrogens is 272 g/mol. The summed E-state index contributed by atoms with van der Waals surface area (Å²) >= 11 is 6.04. The molecule has 1 amide bonds. The highest BCUT2D eigenvalue weighted by Crippen LogP contribution is 2.27. The predicted molar refractivity (Wildman–Crippen MR) is 82.4 cm³/mol. The van der Waals surface area contributed by atoms with Gasteiger partial charge in [0, 0.05) is 12.2 Å². The minimum Gasteiger partial charge on any atom is -0.362 e. The van der Waals surface area contributed by atoms with Crippen LogP contribution in [0.5, 0.6) is 0 Å². The number of para-hydroxylation sites is 2. The van der Waals surface area contributed by atoms with Crippen molar-refractivity contribution in [3.05, 3.63) is 59.1 Å². The topological polar surface area (TPSA) is 32.3 Å². The van der Waals surface area contributed by atoms with E-state index in [2.05, 4.69) is 22.3 Å². The molecule has 0 aromatic heterocycles. The first-order valence-corrected chi connectivity index (χ1v) is 6.99. The quantitative estimate of drug-likeness (QED) is 0.938. The van der Waals surface area contributed by atoms with Gasteiger partial charge in [-0.3, -0.25) is 4.79 Å². The monoisotopic (exact) mass is 286 g/mol. The van der Waals surface area contributed by atoms with E-state index in [1.54, 1.807) is 12.1 Å². The molecule has 0 atom stereocenters. The molecule has 0 spiro atoms. The van der Waals surface area contributed by atoms with Crippen LogP contribution >= 0.6 is 11.6 Å². The molecule has 0 bridgehead atoms. The molecule has 3 nitrogen and oxygen atoms in total. The van der Waals surface area contributed by atoms with Gasteiger partial charge in [-0.15, -0.1) is 0 Å². The van der Waals surface area contributed by atoms with Gasteiger partial charge < -0.3 is 10.2 Å². The van der Waals surface area contributed by atoms with E-state index in [1.807, 2.05) is 24.3 Å². The van der Waals surface area contributed by atoms with E-state index < -0.39 is 0 Å². The summed E-state index contributed by atoms with van der Waals surface area (Å²) in [6, 6.07) is 15.5. The molecule has 1 aliphatic heterocycles. The number of benzene rings is 2. The Bertz CT molecular complexity index is 642.